The van der Waals surface area contributed by atoms with Gasteiger partial charge in [0.25, 0.3) is 5.91 Å². The molecule has 7 nitrogen and oxygen atoms in total. The van der Waals surface area contributed by atoms with E-state index in [1.54, 1.807) is 19.9 Å². The number of carbonyl (C=O) groups excluding carboxylic acids is 2. The average Bonchev–Trinajstić information content (AvgIpc) is 2.96. The van der Waals surface area contributed by atoms with Gasteiger partial charge in [0.2, 0.25) is 0 Å². The number of hydrogen-bond donors (Lipinski definition) is 3. The van der Waals surface area contributed by atoms with Gasteiger partial charge in [0.05, 0.1) is 11.6 Å². The number of thiophene rings is 1. The minimum Gasteiger partial charge on any atom is -0.462 e. The molecule has 0 unspecified atom stereocenters. The van der Waals surface area contributed by atoms with Gasteiger partial charge in [-0.1, -0.05) is 0 Å². The maximum atomic E-state index is 11.8. The lowest BCUT2D eigenvalue weighted by atomic mass is 10.3. The first-order chi connectivity index (χ1) is 9.51. The van der Waals surface area contributed by atoms with Crippen LogP contribution < -0.4 is 11.0 Å². The third kappa shape index (κ3) is 2.97. The number of H-pyrrole nitrogens is 2. The number of aryl methyl sites for hydroxylation is 1. The van der Waals surface area contributed by atoms with Crippen LogP contribution in [0.1, 0.15) is 32.6 Å². The lowest BCUT2D eigenvalue weighted by molar-refractivity contribution is 0.0531. The predicted octanol–water partition coefficient (Wildman–Crippen LogP) is 1.50. The van der Waals surface area contributed by atoms with Crippen molar-refractivity contribution >= 4 is 28.2 Å². The van der Waals surface area contributed by atoms with Crippen LogP contribution in [0.4, 0.5) is 5.00 Å². The van der Waals surface area contributed by atoms with Crippen LogP contribution >= 0.6 is 11.3 Å². The summed E-state index contributed by atoms with van der Waals surface area (Å²) in [5.41, 5.74) is 0.398. The summed E-state index contributed by atoms with van der Waals surface area (Å²) in [6.45, 7) is 3.78. The molecule has 0 radical (unpaired) electrons. The Morgan fingerprint density at radius 3 is 2.80 bits per heavy atom. The third-order valence-electron chi connectivity index (χ3n) is 2.46. The molecule has 106 valence electrons. The molecule has 2 aromatic heterocycles. The summed E-state index contributed by atoms with van der Waals surface area (Å²) in [6.07, 6.45) is 1.28. The molecule has 0 aliphatic rings. The number of nitrogens with one attached hydrogen (secondary N) is 3. The zero-order chi connectivity index (χ0) is 14.7. The minimum atomic E-state index is -0.458. The number of imidazole rings is 1. The average molecular weight is 295 g/mol. The van der Waals surface area contributed by atoms with Crippen molar-refractivity contribution in [2.75, 3.05) is 11.9 Å². The topological polar surface area (TPSA) is 104 Å². The molecule has 0 fully saturated rings. The van der Waals surface area contributed by atoms with E-state index in [4.69, 9.17) is 4.74 Å². The largest absolute Gasteiger partial charge is 0.462 e. The molecule has 3 N–H and O–H groups in total. The number of ether oxygens (including phenoxy) is 1. The van der Waals surface area contributed by atoms with Gasteiger partial charge in [-0.25, -0.2) is 9.59 Å². The van der Waals surface area contributed by atoms with Gasteiger partial charge in [-0.3, -0.25) is 4.79 Å². The molecule has 0 aliphatic heterocycles. The fourth-order valence-electron chi connectivity index (χ4n) is 1.58. The van der Waals surface area contributed by atoms with E-state index in [2.05, 4.69) is 15.3 Å². The highest BCUT2D eigenvalue weighted by molar-refractivity contribution is 7.18. The second-order valence-corrected chi connectivity index (χ2v) is 5.01. The molecule has 0 atom stereocenters. The van der Waals surface area contributed by atoms with Crippen LogP contribution in [0.25, 0.3) is 0 Å². The van der Waals surface area contributed by atoms with Gasteiger partial charge in [0, 0.05) is 6.20 Å². The van der Waals surface area contributed by atoms with E-state index in [-0.39, 0.29) is 5.69 Å². The van der Waals surface area contributed by atoms with Crippen molar-refractivity contribution < 1.29 is 14.3 Å². The van der Waals surface area contributed by atoms with Crippen molar-refractivity contribution in [1.82, 2.24) is 9.97 Å². The van der Waals surface area contributed by atoms with Crippen molar-refractivity contribution in [2.24, 2.45) is 0 Å². The molecule has 0 spiro atoms. The first-order valence-electron chi connectivity index (χ1n) is 5.88. The van der Waals surface area contributed by atoms with E-state index in [0.717, 1.165) is 16.9 Å². The zero-order valence-corrected chi connectivity index (χ0v) is 11.7. The first kappa shape index (κ1) is 14.1. The van der Waals surface area contributed by atoms with Crippen LogP contribution in [0.15, 0.2) is 17.1 Å². The van der Waals surface area contributed by atoms with Crippen molar-refractivity contribution in [3.05, 3.63) is 38.9 Å². The van der Waals surface area contributed by atoms with Crippen molar-refractivity contribution in [1.29, 1.82) is 0 Å². The summed E-state index contributed by atoms with van der Waals surface area (Å²) in [5, 5.41) is 3.12. The molecule has 0 bridgehead atoms. The summed E-state index contributed by atoms with van der Waals surface area (Å²) >= 11 is 1.13. The maximum absolute atomic E-state index is 11.8. The molecule has 0 aromatic carbocycles. The van der Waals surface area contributed by atoms with Crippen molar-refractivity contribution in [3.63, 3.8) is 0 Å². The van der Waals surface area contributed by atoms with Gasteiger partial charge in [-0.05, 0) is 25.5 Å². The number of hydrogen-bond acceptors (Lipinski definition) is 5. The fourth-order valence-corrected chi connectivity index (χ4v) is 2.54. The predicted molar refractivity (Wildman–Crippen MR) is 74.4 cm³/mol. The van der Waals surface area contributed by atoms with Gasteiger partial charge in [0.1, 0.15) is 10.6 Å². The maximum Gasteiger partial charge on any atom is 0.348 e. The van der Waals surface area contributed by atoms with Gasteiger partial charge in [-0.15, -0.1) is 11.3 Å². The molecular weight excluding hydrogens is 282 g/mol. The molecule has 20 heavy (non-hydrogen) atoms. The Kier molecular flexibility index (Phi) is 4.04. The van der Waals surface area contributed by atoms with Crippen molar-refractivity contribution in [3.8, 4) is 0 Å². The van der Waals surface area contributed by atoms with Gasteiger partial charge in [0.15, 0.2) is 0 Å². The van der Waals surface area contributed by atoms with E-state index in [1.807, 2.05) is 0 Å². The molecule has 0 aliphatic carbocycles. The van der Waals surface area contributed by atoms with E-state index in [1.165, 1.54) is 6.20 Å². The number of anilines is 1. The molecule has 1 amide bonds. The quantitative estimate of drug-likeness (QED) is 0.743. The van der Waals surface area contributed by atoms with Crippen LogP contribution in [0.3, 0.4) is 0 Å². The number of esters is 1. The van der Waals surface area contributed by atoms with E-state index >= 15 is 0 Å². The van der Waals surface area contributed by atoms with Gasteiger partial charge < -0.3 is 20.0 Å². The Hall–Kier alpha value is -2.35. The monoisotopic (exact) mass is 295 g/mol. The Bertz CT molecular complexity index is 698. The molecule has 2 heterocycles. The highest BCUT2D eigenvalue weighted by Crippen LogP contribution is 2.27. The number of aromatic nitrogens is 2. The normalized spacial score (nSPS) is 10.3. The second kappa shape index (κ2) is 5.74. The molecule has 2 aromatic rings. The highest BCUT2D eigenvalue weighted by atomic mass is 32.1. The molecular formula is C12H13N3O4S. The lowest BCUT2D eigenvalue weighted by Gasteiger charge is -1.99. The molecule has 2 rings (SSSR count). The Morgan fingerprint density at radius 2 is 2.20 bits per heavy atom. The van der Waals surface area contributed by atoms with E-state index < -0.39 is 17.6 Å². The second-order valence-electron chi connectivity index (χ2n) is 3.95. The Balaban J connectivity index is 2.14. The SMILES string of the molecule is CCOC(=O)c1sc(NC(=O)c2c[nH]c(=O)[nH]2)cc1C. The molecule has 0 saturated heterocycles. The van der Waals surface area contributed by atoms with Crippen LogP contribution in [0.2, 0.25) is 0 Å². The van der Waals surface area contributed by atoms with E-state index in [0.29, 0.717) is 16.5 Å². The smallest absolute Gasteiger partial charge is 0.348 e. The number of carbonyl (C=O) groups is 2. The number of amides is 1. The molecule has 0 saturated carbocycles. The van der Waals surface area contributed by atoms with Crippen LogP contribution in [-0.2, 0) is 4.74 Å². The van der Waals surface area contributed by atoms with Crippen LogP contribution in [0, 0.1) is 6.92 Å². The first-order valence-corrected chi connectivity index (χ1v) is 6.69. The van der Waals surface area contributed by atoms with Gasteiger partial charge >= 0.3 is 11.7 Å². The standard InChI is InChI=1S/C12H13N3O4S/c1-3-19-11(17)9-6(2)4-8(20-9)15-10(16)7-5-13-12(18)14-7/h4-5H,3H2,1-2H3,(H,15,16)(H2,13,14,18). The zero-order valence-electron chi connectivity index (χ0n) is 10.9. The Morgan fingerprint density at radius 1 is 1.45 bits per heavy atom. The van der Waals surface area contributed by atoms with E-state index in [9.17, 15) is 14.4 Å². The number of aromatic amines is 2. The van der Waals surface area contributed by atoms with Crippen LogP contribution in [0.5, 0.6) is 0 Å². The summed E-state index contributed by atoms with van der Waals surface area (Å²) in [4.78, 5) is 39.6. The van der Waals surface area contributed by atoms with Gasteiger partial charge in [-0.2, -0.15) is 0 Å². The fraction of sp³-hybridized carbons (Fsp3) is 0.250. The summed E-state index contributed by atoms with van der Waals surface area (Å²) in [7, 11) is 0. The number of rotatable bonds is 4. The van der Waals surface area contributed by atoms with Crippen LogP contribution in [-0.4, -0.2) is 28.5 Å². The van der Waals surface area contributed by atoms with Crippen molar-refractivity contribution in [2.45, 2.75) is 13.8 Å². The minimum absolute atomic E-state index is 0.124. The summed E-state index contributed by atoms with van der Waals surface area (Å²) in [6, 6.07) is 1.68. The lowest BCUT2D eigenvalue weighted by Crippen LogP contribution is -2.13. The summed E-state index contributed by atoms with van der Waals surface area (Å²) in [5.74, 6) is -0.870. The highest BCUT2D eigenvalue weighted by Gasteiger charge is 2.16. The molecule has 8 heteroatoms. The summed E-state index contributed by atoms with van der Waals surface area (Å²) < 4.78 is 4.92. The third-order valence-corrected chi connectivity index (χ3v) is 3.59. The Labute approximate surface area is 118 Å².